The SMILES string of the molecule is CSc1nc(C)co1.c1ccncc1. The van der Waals surface area contributed by atoms with E-state index in [-0.39, 0.29) is 0 Å². The van der Waals surface area contributed by atoms with Gasteiger partial charge in [-0.25, -0.2) is 4.98 Å². The number of nitrogens with zero attached hydrogens (tertiary/aromatic N) is 2. The van der Waals surface area contributed by atoms with E-state index in [1.54, 1.807) is 18.7 Å². The van der Waals surface area contributed by atoms with Crippen LogP contribution in [0, 0.1) is 6.92 Å². The maximum Gasteiger partial charge on any atom is 0.255 e. The highest BCUT2D eigenvalue weighted by Gasteiger charge is 1.93. The minimum absolute atomic E-state index is 0.738. The summed E-state index contributed by atoms with van der Waals surface area (Å²) in [6.07, 6.45) is 7.08. The van der Waals surface area contributed by atoms with Gasteiger partial charge in [0, 0.05) is 12.4 Å². The monoisotopic (exact) mass is 208 g/mol. The van der Waals surface area contributed by atoms with Gasteiger partial charge in [0.1, 0.15) is 6.26 Å². The van der Waals surface area contributed by atoms with E-state index in [1.165, 1.54) is 11.8 Å². The molecule has 14 heavy (non-hydrogen) atoms. The standard InChI is InChI=1S/C5H7NOS.C5H5N/c1-4-3-7-5(6-4)8-2;1-2-4-6-5-3-1/h3H,1-2H3;1-5H. The summed E-state index contributed by atoms with van der Waals surface area (Å²) >= 11 is 1.51. The van der Waals surface area contributed by atoms with Crippen LogP contribution in [-0.2, 0) is 0 Å². The Morgan fingerprint density at radius 1 is 1.21 bits per heavy atom. The highest BCUT2D eigenvalue weighted by molar-refractivity contribution is 7.98. The minimum Gasteiger partial charge on any atom is -0.440 e. The second kappa shape index (κ2) is 6.21. The van der Waals surface area contributed by atoms with E-state index >= 15 is 0 Å². The molecule has 0 saturated carbocycles. The van der Waals surface area contributed by atoms with Gasteiger partial charge < -0.3 is 4.42 Å². The fourth-order valence-electron chi connectivity index (χ4n) is 0.739. The lowest BCUT2D eigenvalue weighted by Gasteiger charge is -1.77. The second-order valence-corrected chi connectivity index (χ2v) is 3.24. The molecule has 0 saturated heterocycles. The van der Waals surface area contributed by atoms with Crippen molar-refractivity contribution < 1.29 is 4.42 Å². The molecule has 0 spiro atoms. The number of oxazole rings is 1. The number of aryl methyl sites for hydroxylation is 1. The highest BCUT2D eigenvalue weighted by atomic mass is 32.2. The second-order valence-electron chi connectivity index (χ2n) is 2.48. The zero-order valence-corrected chi connectivity index (χ0v) is 8.99. The van der Waals surface area contributed by atoms with E-state index in [1.807, 2.05) is 31.4 Å². The molecule has 0 aromatic carbocycles. The van der Waals surface area contributed by atoms with Crippen LogP contribution in [0.25, 0.3) is 0 Å². The van der Waals surface area contributed by atoms with Crippen LogP contribution in [0.15, 0.2) is 46.5 Å². The van der Waals surface area contributed by atoms with Gasteiger partial charge >= 0.3 is 0 Å². The summed E-state index contributed by atoms with van der Waals surface area (Å²) in [5.74, 6) is 0. The molecule has 0 amide bonds. The first kappa shape index (κ1) is 10.8. The van der Waals surface area contributed by atoms with Crippen molar-refractivity contribution in [3.63, 3.8) is 0 Å². The third-order valence-corrected chi connectivity index (χ3v) is 1.88. The lowest BCUT2D eigenvalue weighted by Crippen LogP contribution is -1.67. The lowest BCUT2D eigenvalue weighted by atomic mass is 10.5. The molecule has 2 aromatic heterocycles. The lowest BCUT2D eigenvalue weighted by molar-refractivity contribution is 0.454. The van der Waals surface area contributed by atoms with Crippen LogP contribution >= 0.6 is 11.8 Å². The smallest absolute Gasteiger partial charge is 0.255 e. The molecule has 2 rings (SSSR count). The van der Waals surface area contributed by atoms with Gasteiger partial charge in [-0.15, -0.1) is 0 Å². The van der Waals surface area contributed by atoms with Crippen LogP contribution in [0.5, 0.6) is 0 Å². The van der Waals surface area contributed by atoms with Gasteiger partial charge in [-0.2, -0.15) is 0 Å². The summed E-state index contributed by atoms with van der Waals surface area (Å²) in [4.78, 5) is 7.81. The largest absolute Gasteiger partial charge is 0.440 e. The third kappa shape index (κ3) is 4.09. The van der Waals surface area contributed by atoms with Gasteiger partial charge in [0.25, 0.3) is 5.22 Å². The summed E-state index contributed by atoms with van der Waals surface area (Å²) in [7, 11) is 0. The third-order valence-electron chi connectivity index (χ3n) is 1.34. The van der Waals surface area contributed by atoms with Gasteiger partial charge in [-0.05, 0) is 25.3 Å². The molecule has 0 unspecified atom stereocenters. The first-order chi connectivity index (χ1) is 6.83. The first-order valence-corrected chi connectivity index (χ1v) is 5.36. The molecule has 0 atom stereocenters. The van der Waals surface area contributed by atoms with Gasteiger partial charge in [-0.3, -0.25) is 4.98 Å². The topological polar surface area (TPSA) is 38.9 Å². The molecule has 0 bridgehead atoms. The molecule has 3 nitrogen and oxygen atoms in total. The molecule has 0 aliphatic rings. The molecule has 4 heteroatoms. The van der Waals surface area contributed by atoms with Gasteiger partial charge in [0.05, 0.1) is 5.69 Å². The average Bonchev–Trinajstić information content (AvgIpc) is 2.68. The van der Waals surface area contributed by atoms with Crippen molar-refractivity contribution >= 4 is 11.8 Å². The van der Waals surface area contributed by atoms with Crippen LogP contribution in [0.3, 0.4) is 0 Å². The van der Waals surface area contributed by atoms with Crippen molar-refractivity contribution in [1.29, 1.82) is 0 Å². The Hall–Kier alpha value is -1.29. The number of thioether (sulfide) groups is 1. The maximum absolute atomic E-state index is 4.97. The van der Waals surface area contributed by atoms with E-state index in [4.69, 9.17) is 4.42 Å². The Bertz CT molecular complexity index is 321. The summed E-state index contributed by atoms with van der Waals surface area (Å²) < 4.78 is 4.97. The van der Waals surface area contributed by atoms with Crippen LogP contribution in [0.4, 0.5) is 0 Å². The Morgan fingerprint density at radius 3 is 2.14 bits per heavy atom. The van der Waals surface area contributed by atoms with E-state index in [9.17, 15) is 0 Å². The van der Waals surface area contributed by atoms with E-state index in [0.717, 1.165) is 10.9 Å². The Balaban J connectivity index is 0.000000146. The van der Waals surface area contributed by atoms with E-state index < -0.39 is 0 Å². The zero-order chi connectivity index (χ0) is 10.2. The first-order valence-electron chi connectivity index (χ1n) is 4.14. The molecule has 74 valence electrons. The van der Waals surface area contributed by atoms with Crippen LogP contribution in [0.1, 0.15) is 5.69 Å². The van der Waals surface area contributed by atoms with Crippen molar-refractivity contribution in [3.05, 3.63) is 42.5 Å². The quantitative estimate of drug-likeness (QED) is 0.675. The van der Waals surface area contributed by atoms with Crippen LogP contribution < -0.4 is 0 Å². The van der Waals surface area contributed by atoms with Crippen molar-refractivity contribution in [2.24, 2.45) is 0 Å². The Labute approximate surface area is 87.6 Å². The van der Waals surface area contributed by atoms with Gasteiger partial charge in [0.2, 0.25) is 0 Å². The summed E-state index contributed by atoms with van der Waals surface area (Å²) in [5.41, 5.74) is 0.939. The van der Waals surface area contributed by atoms with Crippen molar-refractivity contribution in [2.75, 3.05) is 6.26 Å². The number of aromatic nitrogens is 2. The molecule has 0 radical (unpaired) electrons. The van der Waals surface area contributed by atoms with Crippen molar-refractivity contribution in [3.8, 4) is 0 Å². The predicted molar refractivity (Wildman–Crippen MR) is 57.3 cm³/mol. The van der Waals surface area contributed by atoms with E-state index in [0.29, 0.717) is 0 Å². The maximum atomic E-state index is 4.97. The zero-order valence-electron chi connectivity index (χ0n) is 8.18. The number of hydrogen-bond donors (Lipinski definition) is 0. The average molecular weight is 208 g/mol. The molecule has 0 N–H and O–H groups in total. The summed E-state index contributed by atoms with van der Waals surface area (Å²) in [6, 6.07) is 5.72. The number of rotatable bonds is 1. The van der Waals surface area contributed by atoms with Crippen LogP contribution in [-0.4, -0.2) is 16.2 Å². The summed E-state index contributed by atoms with van der Waals surface area (Å²) in [5, 5.41) is 0.738. The summed E-state index contributed by atoms with van der Waals surface area (Å²) in [6.45, 7) is 1.91. The molecule has 0 aliphatic heterocycles. The molecular weight excluding hydrogens is 196 g/mol. The molecule has 0 aliphatic carbocycles. The van der Waals surface area contributed by atoms with Gasteiger partial charge in [0.15, 0.2) is 0 Å². The predicted octanol–water partition coefficient (Wildman–Crippen LogP) is 2.79. The molecule has 2 heterocycles. The molecule has 0 fully saturated rings. The minimum atomic E-state index is 0.738. The highest BCUT2D eigenvalue weighted by Crippen LogP contribution is 2.11. The Kier molecular flexibility index (Phi) is 4.78. The van der Waals surface area contributed by atoms with Gasteiger partial charge in [-0.1, -0.05) is 17.8 Å². The fraction of sp³-hybridized carbons (Fsp3) is 0.200. The van der Waals surface area contributed by atoms with E-state index in [2.05, 4.69) is 9.97 Å². The number of hydrogen-bond acceptors (Lipinski definition) is 4. The fourth-order valence-corrected chi connectivity index (χ4v) is 1.12. The normalized spacial score (nSPS) is 9.00. The Morgan fingerprint density at radius 2 is 1.93 bits per heavy atom. The van der Waals surface area contributed by atoms with Crippen molar-refractivity contribution in [1.82, 2.24) is 9.97 Å². The number of pyridine rings is 1. The van der Waals surface area contributed by atoms with Crippen LogP contribution in [0.2, 0.25) is 0 Å². The van der Waals surface area contributed by atoms with Crippen molar-refractivity contribution in [2.45, 2.75) is 12.1 Å². The molecular formula is C10H12N2OS. The molecule has 2 aromatic rings.